The van der Waals surface area contributed by atoms with E-state index in [0.29, 0.717) is 16.4 Å². The molecule has 1 N–H and O–H groups in total. The molecular weight excluding hydrogens is 300 g/mol. The molecule has 3 nitrogen and oxygen atoms in total. The normalized spacial score (nSPS) is 32.4. The highest BCUT2D eigenvalue weighted by Crippen LogP contribution is 2.43. The van der Waals surface area contributed by atoms with Gasteiger partial charge in [-0.2, -0.15) is 0 Å². The van der Waals surface area contributed by atoms with Crippen molar-refractivity contribution in [2.24, 2.45) is 4.99 Å². The summed E-state index contributed by atoms with van der Waals surface area (Å²) in [5.41, 5.74) is 1.09. The molecule has 114 valence electrons. The summed E-state index contributed by atoms with van der Waals surface area (Å²) in [4.78, 5) is 7.41. The SMILES string of the molecule is C[C@@H]1SC(c2ccccc2O)=N[C@H]1[C@H]1SCC(C)(C)N1C. The molecule has 1 saturated heterocycles. The van der Waals surface area contributed by atoms with Crippen LogP contribution in [0.4, 0.5) is 0 Å². The van der Waals surface area contributed by atoms with E-state index in [2.05, 4.69) is 32.7 Å². The van der Waals surface area contributed by atoms with Gasteiger partial charge in [0.05, 0.1) is 11.4 Å². The minimum Gasteiger partial charge on any atom is -0.507 e. The van der Waals surface area contributed by atoms with Crippen molar-refractivity contribution in [1.82, 2.24) is 4.90 Å². The number of phenols is 1. The number of para-hydroxylation sites is 1. The van der Waals surface area contributed by atoms with E-state index in [1.165, 1.54) is 0 Å². The van der Waals surface area contributed by atoms with Gasteiger partial charge in [-0.05, 0) is 33.0 Å². The van der Waals surface area contributed by atoms with E-state index in [1.54, 1.807) is 17.8 Å². The highest BCUT2D eigenvalue weighted by Gasteiger charge is 2.45. The van der Waals surface area contributed by atoms with Gasteiger partial charge in [0.25, 0.3) is 0 Å². The molecule has 0 bridgehead atoms. The number of phenolic OH excluding ortho intramolecular Hbond substituents is 1. The van der Waals surface area contributed by atoms with Gasteiger partial charge in [-0.25, -0.2) is 0 Å². The Hall–Kier alpha value is -0.650. The molecule has 0 unspecified atom stereocenters. The molecule has 0 amide bonds. The van der Waals surface area contributed by atoms with Crippen LogP contribution >= 0.6 is 23.5 Å². The summed E-state index contributed by atoms with van der Waals surface area (Å²) in [6, 6.07) is 7.77. The van der Waals surface area contributed by atoms with Gasteiger partial charge in [0.1, 0.15) is 10.8 Å². The van der Waals surface area contributed by atoms with E-state index in [4.69, 9.17) is 4.99 Å². The second-order valence-corrected chi connectivity index (χ2v) is 8.86. The molecular formula is C16H22N2OS2. The average Bonchev–Trinajstić information content (AvgIpc) is 2.92. The first-order valence-electron chi connectivity index (χ1n) is 7.27. The topological polar surface area (TPSA) is 35.8 Å². The van der Waals surface area contributed by atoms with Gasteiger partial charge in [0.2, 0.25) is 0 Å². The minimum absolute atomic E-state index is 0.229. The Bertz CT molecular complexity index is 573. The molecule has 3 atom stereocenters. The number of hydrogen-bond donors (Lipinski definition) is 1. The number of nitrogens with zero attached hydrogens (tertiary/aromatic N) is 2. The summed E-state index contributed by atoms with van der Waals surface area (Å²) >= 11 is 3.78. The first-order valence-corrected chi connectivity index (χ1v) is 9.20. The Labute approximate surface area is 135 Å². The maximum atomic E-state index is 10.0. The zero-order valence-electron chi connectivity index (χ0n) is 12.9. The van der Waals surface area contributed by atoms with Gasteiger partial charge in [0.15, 0.2) is 0 Å². The van der Waals surface area contributed by atoms with Crippen LogP contribution in [-0.2, 0) is 0 Å². The maximum Gasteiger partial charge on any atom is 0.125 e. The van der Waals surface area contributed by atoms with Crippen molar-refractivity contribution in [3.05, 3.63) is 29.8 Å². The number of benzene rings is 1. The highest BCUT2D eigenvalue weighted by molar-refractivity contribution is 8.15. The highest BCUT2D eigenvalue weighted by atomic mass is 32.2. The molecule has 3 rings (SSSR count). The predicted octanol–water partition coefficient (Wildman–Crippen LogP) is 3.43. The summed E-state index contributed by atoms with van der Waals surface area (Å²) in [6.07, 6.45) is 0. The summed E-state index contributed by atoms with van der Waals surface area (Å²) in [7, 11) is 2.20. The fourth-order valence-corrected chi connectivity index (χ4v) is 5.84. The van der Waals surface area contributed by atoms with Gasteiger partial charge in [0, 0.05) is 22.1 Å². The number of aromatic hydroxyl groups is 1. The fraction of sp³-hybridized carbons (Fsp3) is 0.562. The third kappa shape index (κ3) is 2.71. The lowest BCUT2D eigenvalue weighted by atomic mass is 10.1. The molecule has 5 heteroatoms. The molecule has 0 spiro atoms. The zero-order valence-corrected chi connectivity index (χ0v) is 14.5. The molecule has 0 aromatic heterocycles. The summed E-state index contributed by atoms with van der Waals surface area (Å²) in [5, 5.41) is 11.9. The number of likely N-dealkylation sites (N-methyl/N-ethyl adjacent to an activating group) is 1. The zero-order chi connectivity index (χ0) is 15.2. The van der Waals surface area contributed by atoms with E-state index in [9.17, 15) is 5.11 Å². The average molecular weight is 322 g/mol. The van der Waals surface area contributed by atoms with Crippen molar-refractivity contribution < 1.29 is 5.11 Å². The van der Waals surface area contributed by atoms with Crippen LogP contribution in [0.3, 0.4) is 0 Å². The van der Waals surface area contributed by atoms with Crippen LogP contribution in [0, 0.1) is 0 Å². The van der Waals surface area contributed by atoms with Crippen molar-refractivity contribution in [2.75, 3.05) is 12.8 Å². The van der Waals surface area contributed by atoms with E-state index in [1.807, 2.05) is 30.0 Å². The van der Waals surface area contributed by atoms with Crippen LogP contribution in [0.1, 0.15) is 26.3 Å². The molecule has 1 fully saturated rings. The molecule has 1 aromatic carbocycles. The third-order valence-electron chi connectivity index (χ3n) is 4.42. The smallest absolute Gasteiger partial charge is 0.125 e. The number of hydrogen-bond acceptors (Lipinski definition) is 5. The number of rotatable bonds is 2. The van der Waals surface area contributed by atoms with Gasteiger partial charge >= 0.3 is 0 Å². The summed E-state index contributed by atoms with van der Waals surface area (Å²) in [6.45, 7) is 6.83. The maximum absolute atomic E-state index is 10.0. The lowest BCUT2D eigenvalue weighted by molar-refractivity contribution is 0.171. The number of aliphatic imine (C=N–C) groups is 1. The standard InChI is InChI=1S/C16H22N2OS2/c1-10-13(15-18(4)16(2,3)9-20-15)17-14(21-10)11-7-5-6-8-12(11)19/h5-8,10,13,15,19H,9H2,1-4H3/t10-,13+,15+/m0/s1. The van der Waals surface area contributed by atoms with Crippen molar-refractivity contribution in [1.29, 1.82) is 0 Å². The van der Waals surface area contributed by atoms with Gasteiger partial charge < -0.3 is 5.11 Å². The molecule has 1 aromatic rings. The van der Waals surface area contributed by atoms with Crippen LogP contribution in [0.25, 0.3) is 0 Å². The van der Waals surface area contributed by atoms with Crippen molar-refractivity contribution in [2.45, 2.75) is 43.0 Å². The van der Waals surface area contributed by atoms with E-state index in [0.717, 1.165) is 16.4 Å². The molecule has 0 radical (unpaired) electrons. The largest absolute Gasteiger partial charge is 0.507 e. The third-order valence-corrected chi connectivity index (χ3v) is 7.42. The van der Waals surface area contributed by atoms with Crippen LogP contribution in [-0.4, -0.2) is 50.1 Å². The van der Waals surface area contributed by atoms with Crippen LogP contribution in [0.2, 0.25) is 0 Å². The Balaban J connectivity index is 1.87. The van der Waals surface area contributed by atoms with E-state index in [-0.39, 0.29) is 11.6 Å². The Morgan fingerprint density at radius 1 is 1.33 bits per heavy atom. The molecule has 0 saturated carbocycles. The van der Waals surface area contributed by atoms with Crippen LogP contribution in [0.5, 0.6) is 5.75 Å². The first-order chi connectivity index (χ1) is 9.90. The van der Waals surface area contributed by atoms with Crippen molar-refractivity contribution >= 4 is 28.6 Å². The lowest BCUT2D eigenvalue weighted by Crippen LogP contribution is -2.46. The van der Waals surface area contributed by atoms with Crippen molar-refractivity contribution in [3.8, 4) is 5.75 Å². The Morgan fingerprint density at radius 3 is 2.67 bits per heavy atom. The van der Waals surface area contributed by atoms with Crippen molar-refractivity contribution in [3.63, 3.8) is 0 Å². The summed E-state index contributed by atoms with van der Waals surface area (Å²) in [5.74, 6) is 1.47. The van der Waals surface area contributed by atoms with Gasteiger partial charge in [-0.3, -0.25) is 9.89 Å². The Morgan fingerprint density at radius 2 is 2.05 bits per heavy atom. The molecule has 2 aliphatic rings. The Kier molecular flexibility index (Phi) is 4.01. The fourth-order valence-electron chi connectivity index (χ4n) is 2.77. The lowest BCUT2D eigenvalue weighted by Gasteiger charge is -2.33. The predicted molar refractivity (Wildman–Crippen MR) is 93.6 cm³/mol. The van der Waals surface area contributed by atoms with Crippen LogP contribution < -0.4 is 0 Å². The minimum atomic E-state index is 0.229. The second kappa shape index (κ2) is 5.52. The van der Waals surface area contributed by atoms with Gasteiger partial charge in [-0.1, -0.05) is 19.1 Å². The van der Waals surface area contributed by atoms with E-state index < -0.39 is 0 Å². The molecule has 2 aliphatic heterocycles. The molecule has 2 heterocycles. The first kappa shape index (κ1) is 15.3. The van der Waals surface area contributed by atoms with E-state index >= 15 is 0 Å². The molecule has 0 aliphatic carbocycles. The number of thioether (sulfide) groups is 2. The quantitative estimate of drug-likeness (QED) is 0.905. The van der Waals surface area contributed by atoms with Crippen LogP contribution in [0.15, 0.2) is 29.3 Å². The summed E-state index contributed by atoms with van der Waals surface area (Å²) < 4.78 is 0. The second-order valence-electron chi connectivity index (χ2n) is 6.39. The van der Waals surface area contributed by atoms with Gasteiger partial charge in [-0.15, -0.1) is 23.5 Å². The monoisotopic (exact) mass is 322 g/mol. The molecule has 21 heavy (non-hydrogen) atoms.